The second-order valence-electron chi connectivity index (χ2n) is 10.5. The van der Waals surface area contributed by atoms with E-state index >= 15 is 0 Å². The monoisotopic (exact) mass is 516 g/mol. The number of rotatable bonds is 2. The summed E-state index contributed by atoms with van der Waals surface area (Å²) in [5, 5.41) is 6.59. The zero-order chi connectivity index (χ0) is 25.5. The van der Waals surface area contributed by atoms with E-state index in [-0.39, 0.29) is 6.04 Å². The molecule has 1 aliphatic rings. The molecule has 0 radical (unpaired) electrons. The first-order chi connectivity index (χ1) is 19.4. The van der Waals surface area contributed by atoms with Crippen molar-refractivity contribution in [1.82, 2.24) is 9.13 Å². The molecule has 9 rings (SSSR count). The van der Waals surface area contributed by atoms with Crippen LogP contribution in [0.25, 0.3) is 65.5 Å². The van der Waals surface area contributed by atoms with E-state index in [0.717, 1.165) is 6.42 Å². The topological polar surface area (TPSA) is 9.86 Å². The molecule has 0 spiro atoms. The third-order valence-corrected chi connectivity index (χ3v) is 9.62. The van der Waals surface area contributed by atoms with Gasteiger partial charge < -0.3 is 9.13 Å². The van der Waals surface area contributed by atoms with Crippen LogP contribution in [-0.2, 0) is 0 Å². The molecule has 1 aliphatic carbocycles. The lowest BCUT2D eigenvalue weighted by molar-refractivity contribution is 0.632. The van der Waals surface area contributed by atoms with Crippen molar-refractivity contribution in [3.8, 4) is 5.69 Å². The predicted molar refractivity (Wildman–Crippen MR) is 167 cm³/mol. The maximum absolute atomic E-state index is 2.61. The molecule has 3 heteroatoms. The number of para-hydroxylation sites is 3. The Bertz CT molecular complexity index is 2220. The molecular weight excluding hydrogens is 492 g/mol. The SMILES string of the molecule is C1=Cc2sc3ccccc3c2C(n2c3ccccc3c3c(-n4c5ccccc5c5ccccc54)cccc32)C1. The molecule has 184 valence electrons. The van der Waals surface area contributed by atoms with Crippen LogP contribution in [0.2, 0.25) is 0 Å². The molecule has 1 unspecified atom stereocenters. The Hall–Kier alpha value is -4.60. The lowest BCUT2D eigenvalue weighted by Gasteiger charge is -2.24. The summed E-state index contributed by atoms with van der Waals surface area (Å²) in [7, 11) is 0. The fourth-order valence-corrected chi connectivity index (χ4v) is 8.13. The quantitative estimate of drug-likeness (QED) is 0.216. The number of benzene rings is 5. The van der Waals surface area contributed by atoms with Crippen molar-refractivity contribution >= 4 is 71.1 Å². The lowest BCUT2D eigenvalue weighted by atomic mass is 9.95. The van der Waals surface area contributed by atoms with Crippen LogP contribution < -0.4 is 0 Å². The average Bonchev–Trinajstić information content (AvgIpc) is 3.65. The molecule has 0 amide bonds. The van der Waals surface area contributed by atoms with Gasteiger partial charge in [0.15, 0.2) is 0 Å². The Morgan fingerprint density at radius 3 is 1.95 bits per heavy atom. The summed E-state index contributed by atoms with van der Waals surface area (Å²) in [6, 6.07) is 42.5. The van der Waals surface area contributed by atoms with Crippen LogP contribution in [0, 0.1) is 0 Å². The van der Waals surface area contributed by atoms with E-state index < -0.39 is 0 Å². The molecule has 3 heterocycles. The number of thiophene rings is 1. The molecule has 0 saturated heterocycles. The van der Waals surface area contributed by atoms with Crippen LogP contribution >= 0.6 is 11.3 Å². The van der Waals surface area contributed by atoms with Crippen LogP contribution in [0.5, 0.6) is 0 Å². The Balaban J connectivity index is 1.41. The summed E-state index contributed by atoms with van der Waals surface area (Å²) < 4.78 is 6.45. The van der Waals surface area contributed by atoms with Crippen LogP contribution in [0.1, 0.15) is 22.9 Å². The van der Waals surface area contributed by atoms with Gasteiger partial charge in [-0.25, -0.2) is 0 Å². The highest BCUT2D eigenvalue weighted by atomic mass is 32.1. The Kier molecular flexibility index (Phi) is 4.35. The molecule has 0 N–H and O–H groups in total. The number of allylic oxidation sites excluding steroid dienone is 1. The van der Waals surface area contributed by atoms with Crippen molar-refractivity contribution in [2.24, 2.45) is 0 Å². The molecule has 5 aromatic carbocycles. The second kappa shape index (κ2) is 7.95. The van der Waals surface area contributed by atoms with Crippen molar-refractivity contribution in [1.29, 1.82) is 0 Å². The molecule has 0 saturated carbocycles. The third-order valence-electron chi connectivity index (χ3n) is 8.47. The highest BCUT2D eigenvalue weighted by molar-refractivity contribution is 7.20. The number of hydrogen-bond acceptors (Lipinski definition) is 1. The van der Waals surface area contributed by atoms with Gasteiger partial charge in [-0.2, -0.15) is 0 Å². The van der Waals surface area contributed by atoms with Crippen LogP contribution in [-0.4, -0.2) is 9.13 Å². The molecule has 0 fully saturated rings. The molecular formula is C36H24N2S. The van der Waals surface area contributed by atoms with Crippen molar-refractivity contribution < 1.29 is 0 Å². The van der Waals surface area contributed by atoms with Gasteiger partial charge in [-0.05, 0) is 54.3 Å². The molecule has 3 aromatic heterocycles. The fourth-order valence-electron chi connectivity index (χ4n) is 6.94. The third kappa shape index (κ3) is 2.85. The standard InChI is InChI=1S/C36H24N2S/c1-5-15-27-23(11-1)24-12-2-6-16-28(24)37(27)30-18-9-19-31-35(30)25-13-3-7-17-29(25)38(31)32-20-10-22-34-36(32)26-14-4-8-21-33(26)39-34/h1-19,21-22,32H,20H2. The van der Waals surface area contributed by atoms with Crippen molar-refractivity contribution in [2.75, 3.05) is 0 Å². The summed E-state index contributed by atoms with van der Waals surface area (Å²) in [5.41, 5.74) is 7.77. The van der Waals surface area contributed by atoms with Crippen molar-refractivity contribution in [3.05, 3.63) is 132 Å². The first-order valence-corrected chi connectivity index (χ1v) is 14.4. The Morgan fingerprint density at radius 1 is 0.564 bits per heavy atom. The molecule has 1 atom stereocenters. The van der Waals surface area contributed by atoms with Gasteiger partial charge in [0.1, 0.15) is 0 Å². The smallest absolute Gasteiger partial charge is 0.0646 e. The van der Waals surface area contributed by atoms with Gasteiger partial charge in [-0.1, -0.05) is 84.9 Å². The molecule has 0 aliphatic heterocycles. The summed E-state index contributed by atoms with van der Waals surface area (Å²) in [5.74, 6) is 0. The van der Waals surface area contributed by atoms with Crippen LogP contribution in [0.3, 0.4) is 0 Å². The summed E-state index contributed by atoms with van der Waals surface area (Å²) in [6.07, 6.45) is 5.68. The van der Waals surface area contributed by atoms with E-state index in [1.807, 2.05) is 11.3 Å². The average molecular weight is 517 g/mol. The first-order valence-electron chi connectivity index (χ1n) is 13.6. The van der Waals surface area contributed by atoms with E-state index in [9.17, 15) is 0 Å². The summed E-state index contributed by atoms with van der Waals surface area (Å²) in [6.45, 7) is 0. The van der Waals surface area contributed by atoms with E-state index in [0.29, 0.717) is 0 Å². The number of aromatic nitrogens is 2. The van der Waals surface area contributed by atoms with Gasteiger partial charge in [0.25, 0.3) is 0 Å². The van der Waals surface area contributed by atoms with E-state index in [1.54, 1.807) is 0 Å². The van der Waals surface area contributed by atoms with Gasteiger partial charge in [-0.3, -0.25) is 0 Å². The van der Waals surface area contributed by atoms with Crippen molar-refractivity contribution in [3.63, 3.8) is 0 Å². The van der Waals surface area contributed by atoms with E-state index in [4.69, 9.17) is 0 Å². The Morgan fingerprint density at radius 2 is 1.18 bits per heavy atom. The van der Waals surface area contributed by atoms with Gasteiger partial charge in [0, 0.05) is 42.2 Å². The van der Waals surface area contributed by atoms with Gasteiger partial charge in [0.05, 0.1) is 28.3 Å². The van der Waals surface area contributed by atoms with E-state index in [2.05, 4.69) is 137 Å². The minimum Gasteiger partial charge on any atom is -0.332 e. The largest absolute Gasteiger partial charge is 0.332 e. The minimum atomic E-state index is 0.247. The van der Waals surface area contributed by atoms with E-state index in [1.165, 1.54) is 69.8 Å². The van der Waals surface area contributed by atoms with Gasteiger partial charge in [0.2, 0.25) is 0 Å². The normalized spacial score (nSPS) is 15.2. The summed E-state index contributed by atoms with van der Waals surface area (Å²) in [4.78, 5) is 1.39. The van der Waals surface area contributed by atoms with Crippen molar-refractivity contribution in [2.45, 2.75) is 12.5 Å². The number of hydrogen-bond donors (Lipinski definition) is 0. The maximum Gasteiger partial charge on any atom is 0.0646 e. The molecule has 0 bridgehead atoms. The lowest BCUT2D eigenvalue weighted by Crippen LogP contribution is -2.12. The zero-order valence-electron chi connectivity index (χ0n) is 21.2. The minimum absolute atomic E-state index is 0.247. The predicted octanol–water partition coefficient (Wildman–Crippen LogP) is 10.1. The Labute approximate surface area is 229 Å². The second-order valence-corrected chi connectivity index (χ2v) is 11.5. The highest BCUT2D eigenvalue weighted by Crippen LogP contribution is 2.46. The zero-order valence-corrected chi connectivity index (χ0v) is 22.0. The molecule has 8 aromatic rings. The molecule has 39 heavy (non-hydrogen) atoms. The van der Waals surface area contributed by atoms with Gasteiger partial charge >= 0.3 is 0 Å². The highest BCUT2D eigenvalue weighted by Gasteiger charge is 2.27. The maximum atomic E-state index is 2.61. The van der Waals surface area contributed by atoms with Crippen LogP contribution in [0.15, 0.2) is 121 Å². The van der Waals surface area contributed by atoms with Gasteiger partial charge in [-0.15, -0.1) is 11.3 Å². The first kappa shape index (κ1) is 21.3. The number of fused-ring (bicyclic) bond motifs is 9. The fraction of sp³-hybridized carbons (Fsp3) is 0.0556. The van der Waals surface area contributed by atoms with Crippen LogP contribution in [0.4, 0.5) is 0 Å². The summed E-state index contributed by atoms with van der Waals surface area (Å²) >= 11 is 1.91. The molecule has 2 nitrogen and oxygen atoms in total. The number of nitrogens with zero attached hydrogens (tertiary/aromatic N) is 2.